The van der Waals surface area contributed by atoms with Crippen LogP contribution in [0.5, 0.6) is 0 Å². The highest BCUT2D eigenvalue weighted by molar-refractivity contribution is 7.89. The molecule has 1 saturated heterocycles. The van der Waals surface area contributed by atoms with Crippen molar-refractivity contribution in [3.8, 4) is 0 Å². The summed E-state index contributed by atoms with van der Waals surface area (Å²) in [4.78, 5) is 30.1. The minimum Gasteiger partial charge on any atom is -0.352 e. The Balaban J connectivity index is 1.80. The van der Waals surface area contributed by atoms with Gasteiger partial charge in [0.05, 0.1) is 10.5 Å². The molecule has 2 aromatic rings. The van der Waals surface area contributed by atoms with E-state index in [0.717, 1.165) is 51.6 Å². The lowest BCUT2D eigenvalue weighted by atomic mass is 10.1. The number of hydrogen-bond donors (Lipinski definition) is 2. The molecule has 1 amide bonds. The molecular weight excluding hydrogens is 440 g/mol. The van der Waals surface area contributed by atoms with E-state index in [1.54, 1.807) is 6.07 Å². The van der Waals surface area contributed by atoms with Gasteiger partial charge in [0.25, 0.3) is 5.91 Å². The van der Waals surface area contributed by atoms with Crippen LogP contribution < -0.4 is 10.9 Å². The van der Waals surface area contributed by atoms with Crippen LogP contribution in [0.2, 0.25) is 0 Å². The Labute approximate surface area is 196 Å². The van der Waals surface area contributed by atoms with Crippen LogP contribution >= 0.6 is 0 Å². The van der Waals surface area contributed by atoms with Crippen molar-refractivity contribution in [2.75, 3.05) is 33.2 Å². The van der Waals surface area contributed by atoms with E-state index in [2.05, 4.69) is 29.2 Å². The summed E-state index contributed by atoms with van der Waals surface area (Å²) in [5, 5.41) is 3.31. The normalized spacial score (nSPS) is 17.5. The molecule has 2 heterocycles. The Hall–Kier alpha value is -2.23. The topological polar surface area (TPSA) is 103 Å². The molecule has 0 aliphatic carbocycles. The molecule has 0 radical (unpaired) electrons. The Morgan fingerprint density at radius 3 is 2.70 bits per heavy atom. The Kier molecular flexibility index (Phi) is 8.67. The number of carbonyl (C=O) groups excluding carboxylic acids is 1. The van der Waals surface area contributed by atoms with E-state index >= 15 is 0 Å². The first-order valence-electron chi connectivity index (χ1n) is 11.9. The second kappa shape index (κ2) is 11.3. The smallest absolute Gasteiger partial charge is 0.252 e. The van der Waals surface area contributed by atoms with Gasteiger partial charge in [0, 0.05) is 36.1 Å². The molecule has 1 atom stereocenters. The van der Waals surface area contributed by atoms with E-state index in [1.807, 2.05) is 6.92 Å². The summed E-state index contributed by atoms with van der Waals surface area (Å²) in [6.07, 6.45) is 5.77. The molecule has 33 heavy (non-hydrogen) atoms. The number of aromatic nitrogens is 1. The van der Waals surface area contributed by atoms with Crippen LogP contribution in [0, 0.1) is 0 Å². The van der Waals surface area contributed by atoms with Crippen molar-refractivity contribution in [1.29, 1.82) is 0 Å². The highest BCUT2D eigenvalue weighted by Gasteiger charge is 2.31. The number of sulfonamides is 1. The highest BCUT2D eigenvalue weighted by atomic mass is 32.2. The molecule has 9 heteroatoms. The van der Waals surface area contributed by atoms with Crippen molar-refractivity contribution in [2.45, 2.75) is 63.3 Å². The lowest BCUT2D eigenvalue weighted by Gasteiger charge is -2.32. The summed E-state index contributed by atoms with van der Waals surface area (Å²) in [5.74, 6) is -0.372. The van der Waals surface area contributed by atoms with E-state index < -0.39 is 15.6 Å². The first-order chi connectivity index (χ1) is 15.7. The van der Waals surface area contributed by atoms with Crippen LogP contribution in [0.1, 0.15) is 62.7 Å². The number of piperidine rings is 1. The number of benzene rings is 1. The van der Waals surface area contributed by atoms with Crippen molar-refractivity contribution in [3.63, 3.8) is 0 Å². The lowest BCUT2D eigenvalue weighted by Crippen LogP contribution is -2.41. The third-order valence-corrected chi connectivity index (χ3v) is 8.31. The van der Waals surface area contributed by atoms with Crippen molar-refractivity contribution in [2.24, 2.45) is 0 Å². The maximum Gasteiger partial charge on any atom is 0.252 e. The van der Waals surface area contributed by atoms with Gasteiger partial charge >= 0.3 is 0 Å². The van der Waals surface area contributed by atoms with Crippen LogP contribution in [-0.4, -0.2) is 67.8 Å². The van der Waals surface area contributed by atoms with Crippen molar-refractivity contribution >= 4 is 26.8 Å². The fraction of sp³-hybridized carbons (Fsp3) is 0.583. The molecule has 3 rings (SSSR count). The number of unbranched alkanes of at least 4 members (excludes halogenated alkanes) is 1. The maximum absolute atomic E-state index is 13.3. The Morgan fingerprint density at radius 2 is 1.97 bits per heavy atom. The predicted octanol–water partition coefficient (Wildman–Crippen LogP) is 2.94. The summed E-state index contributed by atoms with van der Waals surface area (Å²) >= 11 is 0. The maximum atomic E-state index is 13.3. The number of fused-ring (bicyclic) bond motifs is 1. The van der Waals surface area contributed by atoms with Gasteiger partial charge in [-0.2, -0.15) is 4.31 Å². The number of amides is 1. The lowest BCUT2D eigenvalue weighted by molar-refractivity contribution is 0.0953. The Morgan fingerprint density at radius 1 is 1.21 bits per heavy atom. The second-order valence-electron chi connectivity index (χ2n) is 8.98. The molecule has 1 aliphatic heterocycles. The Bertz CT molecular complexity index is 1130. The average molecular weight is 477 g/mol. The van der Waals surface area contributed by atoms with Gasteiger partial charge in [0.15, 0.2) is 0 Å². The number of pyridine rings is 1. The van der Waals surface area contributed by atoms with Gasteiger partial charge in [-0.15, -0.1) is 0 Å². The molecule has 0 unspecified atom stereocenters. The standard InChI is InChI=1S/C24H36N4O4S/c1-4-5-13-27(3)14-8-12-25-24(30)21-17-23(29)26-22-11-10-19(16-20(21)22)33(31,32)28-15-7-6-9-18(28)2/h10-11,16-18H,4-9,12-15H2,1-3H3,(H,25,30)(H,26,29)/t18-/m0/s1. The molecule has 0 bridgehead atoms. The molecule has 1 aliphatic rings. The van der Waals surface area contributed by atoms with Crippen molar-refractivity contribution in [3.05, 3.63) is 40.2 Å². The quantitative estimate of drug-likeness (QED) is 0.513. The second-order valence-corrected chi connectivity index (χ2v) is 10.9. The molecule has 0 spiro atoms. The number of nitrogens with one attached hydrogen (secondary N) is 2. The van der Waals surface area contributed by atoms with Crippen LogP contribution in [0.15, 0.2) is 34.0 Å². The number of hydrogen-bond acceptors (Lipinski definition) is 5. The average Bonchev–Trinajstić information content (AvgIpc) is 2.79. The number of aromatic amines is 1. The van der Waals surface area contributed by atoms with Crippen LogP contribution in [0.4, 0.5) is 0 Å². The zero-order valence-corrected chi connectivity index (χ0v) is 20.7. The molecule has 1 aromatic heterocycles. The zero-order chi connectivity index (χ0) is 24.0. The summed E-state index contributed by atoms with van der Waals surface area (Å²) in [6.45, 7) is 6.94. The molecule has 2 N–H and O–H groups in total. The number of nitrogens with zero attached hydrogens (tertiary/aromatic N) is 2. The summed E-state index contributed by atoms with van der Waals surface area (Å²) < 4.78 is 28.1. The van der Waals surface area contributed by atoms with Gasteiger partial charge in [0.1, 0.15) is 0 Å². The monoisotopic (exact) mass is 476 g/mol. The fourth-order valence-electron chi connectivity index (χ4n) is 4.33. The van der Waals surface area contributed by atoms with Gasteiger partial charge in [-0.25, -0.2) is 8.42 Å². The molecule has 1 aromatic carbocycles. The van der Waals surface area contributed by atoms with Gasteiger partial charge in [-0.1, -0.05) is 19.8 Å². The van der Waals surface area contributed by atoms with Gasteiger partial charge in [-0.05, 0) is 70.9 Å². The van der Waals surface area contributed by atoms with Crippen molar-refractivity contribution in [1.82, 2.24) is 19.5 Å². The number of H-pyrrole nitrogens is 1. The molecule has 1 fully saturated rings. The van der Waals surface area contributed by atoms with E-state index in [-0.39, 0.29) is 22.4 Å². The minimum atomic E-state index is -3.69. The minimum absolute atomic E-state index is 0.0618. The SMILES string of the molecule is CCCCN(C)CCCNC(=O)c1cc(=O)[nH]c2ccc(S(=O)(=O)N3CCCC[C@@H]3C)cc12. The molecule has 182 valence electrons. The van der Waals surface area contributed by atoms with Crippen LogP contribution in [0.3, 0.4) is 0 Å². The zero-order valence-electron chi connectivity index (χ0n) is 19.9. The largest absolute Gasteiger partial charge is 0.352 e. The van der Waals surface area contributed by atoms with E-state index in [9.17, 15) is 18.0 Å². The van der Waals surface area contributed by atoms with Crippen molar-refractivity contribution < 1.29 is 13.2 Å². The fourth-order valence-corrected chi connectivity index (χ4v) is 6.06. The first kappa shape index (κ1) is 25.4. The highest BCUT2D eigenvalue weighted by Crippen LogP contribution is 2.27. The number of carbonyl (C=O) groups is 1. The van der Waals surface area contributed by atoms with Crippen LogP contribution in [0.25, 0.3) is 10.9 Å². The molecule has 8 nitrogen and oxygen atoms in total. The number of rotatable bonds is 10. The van der Waals surface area contributed by atoms with Crippen LogP contribution in [-0.2, 0) is 10.0 Å². The summed E-state index contributed by atoms with van der Waals surface area (Å²) in [7, 11) is -1.63. The van der Waals surface area contributed by atoms with E-state index in [0.29, 0.717) is 24.0 Å². The summed E-state index contributed by atoms with van der Waals surface area (Å²) in [6, 6.07) is 5.76. The third kappa shape index (κ3) is 6.22. The van der Waals surface area contributed by atoms with Gasteiger partial charge < -0.3 is 15.2 Å². The molecular formula is C24H36N4O4S. The third-order valence-electron chi connectivity index (χ3n) is 6.30. The van der Waals surface area contributed by atoms with E-state index in [1.165, 1.54) is 22.5 Å². The van der Waals surface area contributed by atoms with Gasteiger partial charge in [0.2, 0.25) is 15.6 Å². The summed E-state index contributed by atoms with van der Waals surface area (Å²) in [5.41, 5.74) is 0.238. The van der Waals surface area contributed by atoms with E-state index in [4.69, 9.17) is 0 Å². The van der Waals surface area contributed by atoms with Gasteiger partial charge in [-0.3, -0.25) is 9.59 Å². The first-order valence-corrected chi connectivity index (χ1v) is 13.3. The predicted molar refractivity (Wildman–Crippen MR) is 131 cm³/mol. The molecule has 0 saturated carbocycles.